The third kappa shape index (κ3) is 5.51. The average Bonchev–Trinajstić information content (AvgIpc) is 3.43. The summed E-state index contributed by atoms with van der Waals surface area (Å²) < 4.78 is 27.2. The van der Waals surface area contributed by atoms with E-state index in [0.29, 0.717) is 12.2 Å². The molecule has 0 fully saturated rings. The van der Waals surface area contributed by atoms with Gasteiger partial charge >= 0.3 is 0 Å². The molecule has 0 spiro atoms. The fraction of sp³-hybridized carbons (Fsp3) is 0.100. The highest BCUT2D eigenvalue weighted by Crippen LogP contribution is 2.23. The first-order chi connectivity index (χ1) is 15.0. The molecule has 4 aromatic rings. The van der Waals surface area contributed by atoms with E-state index in [1.54, 1.807) is 36.0 Å². The summed E-state index contributed by atoms with van der Waals surface area (Å²) in [5, 5.41) is 7.42. The number of anilines is 1. The van der Waals surface area contributed by atoms with E-state index < -0.39 is 10.0 Å². The summed E-state index contributed by atoms with van der Waals surface area (Å²) in [5.74, 6) is -0.223. The van der Waals surface area contributed by atoms with Crippen LogP contribution in [0.4, 0.5) is 5.13 Å². The van der Waals surface area contributed by atoms with Crippen molar-refractivity contribution in [1.82, 2.24) is 20.3 Å². The van der Waals surface area contributed by atoms with E-state index in [4.69, 9.17) is 0 Å². The second-order valence-corrected chi connectivity index (χ2v) is 9.80. The molecule has 0 atom stereocenters. The second-order valence-electron chi connectivity index (χ2n) is 6.40. The first-order valence-corrected chi connectivity index (χ1v) is 12.4. The first-order valence-electron chi connectivity index (χ1n) is 9.13. The Morgan fingerprint density at radius 3 is 2.55 bits per heavy atom. The van der Waals surface area contributed by atoms with Gasteiger partial charge in [-0.25, -0.2) is 18.4 Å². The molecule has 0 unspecified atom stereocenters. The number of aromatic nitrogens is 3. The summed E-state index contributed by atoms with van der Waals surface area (Å²) in [6.45, 7) is 0.299. The monoisotopic (exact) mass is 471 g/mol. The van der Waals surface area contributed by atoms with E-state index in [9.17, 15) is 13.2 Å². The Labute approximate surface area is 187 Å². The molecule has 0 aliphatic heterocycles. The van der Waals surface area contributed by atoms with Crippen LogP contribution in [0.5, 0.6) is 0 Å². The lowest BCUT2D eigenvalue weighted by molar-refractivity contribution is -0.120. The Morgan fingerprint density at radius 2 is 1.77 bits per heavy atom. The quantitative estimate of drug-likeness (QED) is 0.407. The van der Waals surface area contributed by atoms with Gasteiger partial charge in [0.25, 0.3) is 10.0 Å². The highest BCUT2D eigenvalue weighted by molar-refractivity contribution is 7.93. The molecule has 0 saturated carbocycles. The Kier molecular flexibility index (Phi) is 6.35. The number of benzene rings is 1. The predicted octanol–water partition coefficient (Wildman–Crippen LogP) is 3.32. The molecular formula is C20H17N5O3S3. The van der Waals surface area contributed by atoms with Crippen LogP contribution in [-0.4, -0.2) is 29.3 Å². The Hall–Kier alpha value is -3.15. The van der Waals surface area contributed by atoms with Crippen LogP contribution in [0.2, 0.25) is 0 Å². The van der Waals surface area contributed by atoms with Crippen molar-refractivity contribution in [2.75, 3.05) is 4.72 Å². The zero-order chi connectivity index (χ0) is 21.7. The summed E-state index contributed by atoms with van der Waals surface area (Å²) in [7, 11) is -3.71. The number of nitrogens with zero attached hydrogens (tertiary/aromatic N) is 3. The number of carbonyl (C=O) groups is 1. The number of hydrogen-bond donors (Lipinski definition) is 2. The minimum absolute atomic E-state index is 0.0448. The fourth-order valence-corrected chi connectivity index (χ4v) is 5.43. The van der Waals surface area contributed by atoms with Crippen molar-refractivity contribution in [2.45, 2.75) is 17.9 Å². The average molecular weight is 472 g/mol. The molecule has 0 radical (unpaired) electrons. The topological polar surface area (TPSA) is 114 Å². The summed E-state index contributed by atoms with van der Waals surface area (Å²) >= 11 is 2.62. The number of sulfonamides is 1. The van der Waals surface area contributed by atoms with Crippen molar-refractivity contribution in [3.05, 3.63) is 77.0 Å². The van der Waals surface area contributed by atoms with Crippen LogP contribution in [0, 0.1) is 0 Å². The molecule has 0 saturated heterocycles. The molecule has 3 aromatic heterocycles. The number of hydrogen-bond acceptors (Lipinski definition) is 8. The number of amides is 1. The van der Waals surface area contributed by atoms with Crippen LogP contribution in [0.15, 0.2) is 70.5 Å². The Balaban J connectivity index is 1.31. The number of pyridine rings is 1. The Morgan fingerprint density at radius 1 is 0.968 bits per heavy atom. The van der Waals surface area contributed by atoms with Gasteiger partial charge in [-0.3, -0.25) is 14.5 Å². The highest BCUT2D eigenvalue weighted by atomic mass is 32.2. The minimum atomic E-state index is -3.71. The number of nitrogens with one attached hydrogen (secondary N) is 2. The smallest absolute Gasteiger partial charge is 0.263 e. The van der Waals surface area contributed by atoms with Crippen molar-refractivity contribution in [3.8, 4) is 10.6 Å². The van der Waals surface area contributed by atoms with Gasteiger partial charge < -0.3 is 5.32 Å². The third-order valence-corrected chi connectivity index (χ3v) is 7.33. The summed E-state index contributed by atoms with van der Waals surface area (Å²) in [5.41, 5.74) is 2.17. The summed E-state index contributed by atoms with van der Waals surface area (Å²) in [6.07, 6.45) is 3.49. The maximum absolute atomic E-state index is 12.4. The molecule has 158 valence electrons. The van der Waals surface area contributed by atoms with E-state index in [1.807, 2.05) is 17.5 Å². The van der Waals surface area contributed by atoms with Crippen LogP contribution in [0.1, 0.15) is 11.4 Å². The van der Waals surface area contributed by atoms with Crippen LogP contribution < -0.4 is 10.0 Å². The van der Waals surface area contributed by atoms with Gasteiger partial charge in [0.05, 0.1) is 29.2 Å². The van der Waals surface area contributed by atoms with Crippen molar-refractivity contribution < 1.29 is 13.2 Å². The van der Waals surface area contributed by atoms with Gasteiger partial charge in [0.1, 0.15) is 5.01 Å². The maximum Gasteiger partial charge on any atom is 0.263 e. The standard InChI is InChI=1S/C20H17N5O3S3/c26-18(22-11-16-13-29-19(23-16)14-5-4-8-21-10-14)9-15-12-30-20(24-15)25-31(27,28)17-6-2-1-3-7-17/h1-8,10,12-13H,9,11H2,(H,22,26)(H,24,25). The van der Waals surface area contributed by atoms with Gasteiger partial charge in [0, 0.05) is 28.7 Å². The highest BCUT2D eigenvalue weighted by Gasteiger charge is 2.16. The van der Waals surface area contributed by atoms with Crippen molar-refractivity contribution in [1.29, 1.82) is 0 Å². The first kappa shape index (κ1) is 21.1. The van der Waals surface area contributed by atoms with E-state index in [0.717, 1.165) is 27.6 Å². The van der Waals surface area contributed by atoms with Crippen LogP contribution >= 0.6 is 22.7 Å². The number of thiazole rings is 2. The molecule has 11 heteroatoms. The largest absolute Gasteiger partial charge is 0.350 e. The van der Waals surface area contributed by atoms with Crippen LogP contribution in [0.3, 0.4) is 0 Å². The van der Waals surface area contributed by atoms with Crippen molar-refractivity contribution in [2.24, 2.45) is 0 Å². The molecule has 0 aliphatic carbocycles. The molecule has 3 heterocycles. The van der Waals surface area contributed by atoms with E-state index in [-0.39, 0.29) is 22.4 Å². The lowest BCUT2D eigenvalue weighted by Crippen LogP contribution is -2.24. The molecule has 8 nitrogen and oxygen atoms in total. The predicted molar refractivity (Wildman–Crippen MR) is 120 cm³/mol. The zero-order valence-electron chi connectivity index (χ0n) is 16.1. The fourth-order valence-electron chi connectivity index (χ4n) is 2.63. The van der Waals surface area contributed by atoms with Crippen molar-refractivity contribution >= 4 is 43.7 Å². The van der Waals surface area contributed by atoms with Gasteiger partial charge in [-0.15, -0.1) is 22.7 Å². The van der Waals surface area contributed by atoms with Gasteiger partial charge in [-0.05, 0) is 24.3 Å². The zero-order valence-corrected chi connectivity index (χ0v) is 18.5. The molecule has 31 heavy (non-hydrogen) atoms. The SMILES string of the molecule is O=C(Cc1csc(NS(=O)(=O)c2ccccc2)n1)NCc1csc(-c2cccnc2)n1. The lowest BCUT2D eigenvalue weighted by Gasteiger charge is -2.04. The minimum Gasteiger partial charge on any atom is -0.350 e. The van der Waals surface area contributed by atoms with Crippen molar-refractivity contribution in [3.63, 3.8) is 0 Å². The number of carbonyl (C=O) groups excluding carboxylic acids is 1. The molecule has 0 aliphatic rings. The van der Waals surface area contributed by atoms with Gasteiger partial charge in [-0.1, -0.05) is 18.2 Å². The molecule has 1 amide bonds. The molecule has 2 N–H and O–H groups in total. The molecule has 4 rings (SSSR count). The number of rotatable bonds is 8. The van der Waals surface area contributed by atoms with E-state index >= 15 is 0 Å². The second kappa shape index (κ2) is 9.33. The third-order valence-electron chi connectivity index (χ3n) is 4.10. The van der Waals surface area contributed by atoms with Crippen LogP contribution in [-0.2, 0) is 27.8 Å². The maximum atomic E-state index is 12.4. The Bertz CT molecular complexity index is 1270. The van der Waals surface area contributed by atoms with E-state index in [1.165, 1.54) is 23.5 Å². The van der Waals surface area contributed by atoms with Gasteiger partial charge in [0.2, 0.25) is 5.91 Å². The lowest BCUT2D eigenvalue weighted by atomic mass is 10.3. The summed E-state index contributed by atoms with van der Waals surface area (Å²) in [4.78, 5) is 25.2. The normalized spacial score (nSPS) is 11.2. The van der Waals surface area contributed by atoms with Crippen LogP contribution in [0.25, 0.3) is 10.6 Å². The molecular weight excluding hydrogens is 454 g/mol. The van der Waals surface area contributed by atoms with Gasteiger partial charge in [-0.2, -0.15) is 0 Å². The van der Waals surface area contributed by atoms with E-state index in [2.05, 4.69) is 25.0 Å². The van der Waals surface area contributed by atoms with Gasteiger partial charge in [0.15, 0.2) is 5.13 Å². The summed E-state index contributed by atoms with van der Waals surface area (Å²) in [6, 6.07) is 11.8. The molecule has 0 bridgehead atoms. The molecule has 1 aromatic carbocycles.